The van der Waals surface area contributed by atoms with Gasteiger partial charge >= 0.3 is 0 Å². The van der Waals surface area contributed by atoms with Crippen molar-refractivity contribution in [2.45, 2.75) is 46.7 Å². The van der Waals surface area contributed by atoms with Gasteiger partial charge in [-0.15, -0.1) is 0 Å². The van der Waals surface area contributed by atoms with E-state index in [1.807, 2.05) is 13.8 Å². The number of rotatable bonds is 7. The lowest BCUT2D eigenvalue weighted by molar-refractivity contribution is 0.396. The number of aromatic nitrogens is 2. The topological polar surface area (TPSA) is 103 Å². The van der Waals surface area contributed by atoms with Crippen molar-refractivity contribution in [1.29, 1.82) is 0 Å². The van der Waals surface area contributed by atoms with E-state index in [0.717, 1.165) is 0 Å². The minimum atomic E-state index is -1.10. The molecule has 0 radical (unpaired) electrons. The summed E-state index contributed by atoms with van der Waals surface area (Å²) < 4.78 is 14.0. The van der Waals surface area contributed by atoms with E-state index in [4.69, 9.17) is 9.47 Å². The fourth-order valence-corrected chi connectivity index (χ4v) is 4.39. The van der Waals surface area contributed by atoms with Crippen molar-refractivity contribution >= 4 is 0 Å². The Labute approximate surface area is 192 Å². The monoisotopic (exact) mass is 454 g/mol. The molecule has 0 amide bonds. The predicted molar refractivity (Wildman–Crippen MR) is 126 cm³/mol. The van der Waals surface area contributed by atoms with Gasteiger partial charge in [0, 0.05) is 30.0 Å². The summed E-state index contributed by atoms with van der Waals surface area (Å²) in [4.78, 5) is 27.1. The molecule has 0 spiro atoms. The molecule has 2 heterocycles. The van der Waals surface area contributed by atoms with Crippen molar-refractivity contribution in [3.63, 3.8) is 0 Å². The number of aromatic hydroxyl groups is 2. The molecular weight excluding hydrogens is 424 g/mol. The summed E-state index contributed by atoms with van der Waals surface area (Å²) in [5.74, 6) is -0.780. The SMILES string of the molecule is CCn1c(C)cc(O)c(C(c2cc(OC)ccc2OC)c2c(O)cc(C)n(CC)c2=O)c1=O. The van der Waals surface area contributed by atoms with Gasteiger partial charge in [0.2, 0.25) is 0 Å². The molecule has 33 heavy (non-hydrogen) atoms. The van der Waals surface area contributed by atoms with E-state index in [2.05, 4.69) is 0 Å². The van der Waals surface area contributed by atoms with Crippen molar-refractivity contribution < 1.29 is 19.7 Å². The minimum Gasteiger partial charge on any atom is -0.507 e. The van der Waals surface area contributed by atoms with Crippen LogP contribution in [-0.4, -0.2) is 33.6 Å². The molecule has 176 valence electrons. The Morgan fingerprint density at radius 3 is 1.70 bits per heavy atom. The number of ether oxygens (including phenoxy) is 2. The third kappa shape index (κ3) is 4.08. The van der Waals surface area contributed by atoms with Crippen LogP contribution < -0.4 is 20.6 Å². The Morgan fingerprint density at radius 1 is 0.818 bits per heavy atom. The van der Waals surface area contributed by atoms with E-state index in [1.165, 1.54) is 35.5 Å². The van der Waals surface area contributed by atoms with Crippen LogP contribution in [-0.2, 0) is 13.1 Å². The number of aryl methyl sites for hydroxylation is 2. The lowest BCUT2D eigenvalue weighted by Crippen LogP contribution is -2.32. The van der Waals surface area contributed by atoms with Crippen LogP contribution in [0.15, 0.2) is 39.9 Å². The van der Waals surface area contributed by atoms with Crippen LogP contribution in [0.5, 0.6) is 23.0 Å². The van der Waals surface area contributed by atoms with E-state index in [0.29, 0.717) is 41.5 Å². The zero-order valence-corrected chi connectivity index (χ0v) is 19.8. The van der Waals surface area contributed by atoms with Gasteiger partial charge in [-0.25, -0.2) is 0 Å². The molecule has 0 fully saturated rings. The quantitative estimate of drug-likeness (QED) is 0.568. The first kappa shape index (κ1) is 24.0. The molecule has 8 heteroatoms. The van der Waals surface area contributed by atoms with Crippen LogP contribution in [0.2, 0.25) is 0 Å². The summed E-state index contributed by atoms with van der Waals surface area (Å²) in [6.45, 7) is 7.84. The van der Waals surface area contributed by atoms with Gasteiger partial charge < -0.3 is 28.8 Å². The third-order valence-corrected chi connectivity index (χ3v) is 6.00. The zero-order valence-electron chi connectivity index (χ0n) is 19.8. The van der Waals surface area contributed by atoms with E-state index in [9.17, 15) is 19.8 Å². The number of hydrogen-bond acceptors (Lipinski definition) is 6. The summed E-state index contributed by atoms with van der Waals surface area (Å²) in [5, 5.41) is 21.9. The van der Waals surface area contributed by atoms with Crippen LogP contribution in [0.4, 0.5) is 0 Å². The molecule has 0 atom stereocenters. The molecule has 2 aromatic heterocycles. The Kier molecular flexibility index (Phi) is 6.86. The van der Waals surface area contributed by atoms with Crippen molar-refractivity contribution in [3.05, 3.63) is 79.1 Å². The van der Waals surface area contributed by atoms with E-state index in [-0.39, 0.29) is 22.6 Å². The molecular formula is C25H30N2O6. The normalized spacial score (nSPS) is 11.1. The second kappa shape index (κ2) is 9.44. The smallest absolute Gasteiger partial charge is 0.258 e. The maximum atomic E-state index is 13.6. The van der Waals surface area contributed by atoms with Gasteiger partial charge in [-0.1, -0.05) is 0 Å². The highest BCUT2D eigenvalue weighted by Gasteiger charge is 2.33. The fraction of sp³-hybridized carbons (Fsp3) is 0.360. The molecule has 1 aromatic carbocycles. The van der Waals surface area contributed by atoms with E-state index < -0.39 is 17.0 Å². The number of methoxy groups -OCH3 is 2. The third-order valence-electron chi connectivity index (χ3n) is 6.00. The second-order valence-corrected chi connectivity index (χ2v) is 7.81. The maximum absolute atomic E-state index is 13.6. The van der Waals surface area contributed by atoms with Gasteiger partial charge in [-0.05, 0) is 58.0 Å². The molecule has 0 aliphatic heterocycles. The highest BCUT2D eigenvalue weighted by molar-refractivity contribution is 5.57. The molecule has 2 N–H and O–H groups in total. The average molecular weight is 455 g/mol. The van der Waals surface area contributed by atoms with Crippen LogP contribution >= 0.6 is 0 Å². The highest BCUT2D eigenvalue weighted by atomic mass is 16.5. The Hall–Kier alpha value is -3.68. The Balaban J connectivity index is 2.55. The van der Waals surface area contributed by atoms with E-state index >= 15 is 0 Å². The van der Waals surface area contributed by atoms with Crippen molar-refractivity contribution in [2.24, 2.45) is 0 Å². The maximum Gasteiger partial charge on any atom is 0.258 e. The van der Waals surface area contributed by atoms with Crippen LogP contribution in [0, 0.1) is 13.8 Å². The number of benzene rings is 1. The number of pyridine rings is 2. The number of nitrogens with zero attached hydrogens (tertiary/aromatic N) is 2. The summed E-state index contributed by atoms with van der Waals surface area (Å²) >= 11 is 0. The standard InChI is InChI=1S/C25H30N2O6/c1-7-26-14(3)11-18(28)22(24(26)30)21(17-13-16(32-5)9-10-20(17)33-6)23-19(29)12-15(4)27(8-2)25(23)31/h9-13,21,28-29H,7-8H2,1-6H3. The highest BCUT2D eigenvalue weighted by Crippen LogP contribution is 2.42. The largest absolute Gasteiger partial charge is 0.507 e. The van der Waals surface area contributed by atoms with Gasteiger partial charge in [0.1, 0.15) is 23.0 Å². The molecule has 0 aliphatic carbocycles. The minimum absolute atomic E-state index is 0.0205. The van der Waals surface area contributed by atoms with Crippen molar-refractivity contribution in [2.75, 3.05) is 14.2 Å². The second-order valence-electron chi connectivity index (χ2n) is 7.81. The molecule has 0 bridgehead atoms. The number of hydrogen-bond donors (Lipinski definition) is 2. The molecule has 0 aliphatic rings. The van der Waals surface area contributed by atoms with E-state index in [1.54, 1.807) is 32.0 Å². The van der Waals surface area contributed by atoms with Crippen LogP contribution in [0.1, 0.15) is 47.8 Å². The molecule has 3 rings (SSSR count). The van der Waals surface area contributed by atoms with Gasteiger partial charge in [-0.2, -0.15) is 0 Å². The average Bonchev–Trinajstić information content (AvgIpc) is 2.77. The zero-order chi connectivity index (χ0) is 24.4. The summed E-state index contributed by atoms with van der Waals surface area (Å²) in [5.41, 5.74) is 0.633. The first-order chi connectivity index (χ1) is 15.7. The molecule has 3 aromatic rings. The Bertz CT molecular complexity index is 1230. The van der Waals surface area contributed by atoms with Gasteiger partial charge in [0.15, 0.2) is 0 Å². The molecule has 0 saturated heterocycles. The van der Waals surface area contributed by atoms with Crippen LogP contribution in [0.3, 0.4) is 0 Å². The van der Waals surface area contributed by atoms with Gasteiger partial charge in [0.25, 0.3) is 11.1 Å². The van der Waals surface area contributed by atoms with Gasteiger partial charge in [0.05, 0.1) is 31.3 Å². The molecule has 0 unspecified atom stereocenters. The molecule has 8 nitrogen and oxygen atoms in total. The summed E-state index contributed by atoms with van der Waals surface area (Å²) in [7, 11) is 2.97. The Morgan fingerprint density at radius 2 is 1.30 bits per heavy atom. The lowest BCUT2D eigenvalue weighted by Gasteiger charge is -2.24. The van der Waals surface area contributed by atoms with Crippen molar-refractivity contribution in [1.82, 2.24) is 9.13 Å². The van der Waals surface area contributed by atoms with Gasteiger partial charge in [-0.3, -0.25) is 9.59 Å². The van der Waals surface area contributed by atoms with Crippen molar-refractivity contribution in [3.8, 4) is 23.0 Å². The first-order valence-electron chi connectivity index (χ1n) is 10.8. The summed E-state index contributed by atoms with van der Waals surface area (Å²) in [6, 6.07) is 7.98. The first-order valence-corrected chi connectivity index (χ1v) is 10.8. The summed E-state index contributed by atoms with van der Waals surface area (Å²) in [6.07, 6.45) is 0. The predicted octanol–water partition coefficient (Wildman–Crippen LogP) is 3.28. The molecule has 0 saturated carbocycles. The van der Waals surface area contributed by atoms with Crippen LogP contribution in [0.25, 0.3) is 0 Å². The lowest BCUT2D eigenvalue weighted by atomic mass is 9.84. The fourth-order valence-electron chi connectivity index (χ4n) is 4.39.